The Bertz CT molecular complexity index is 307. The van der Waals surface area contributed by atoms with Gasteiger partial charge in [-0.25, -0.2) is 0 Å². The smallest absolute Gasteiger partial charge is 0.0130 e. The van der Waals surface area contributed by atoms with Crippen molar-refractivity contribution in [2.75, 3.05) is 13.6 Å². The number of benzene rings is 1. The molecule has 0 radical (unpaired) electrons. The fourth-order valence-electron chi connectivity index (χ4n) is 2.36. The summed E-state index contributed by atoms with van der Waals surface area (Å²) < 4.78 is 1.33. The lowest BCUT2D eigenvalue weighted by molar-refractivity contribution is 0.174. The topological polar surface area (TPSA) is 12.0 Å². The number of hydrogen-bond donors (Lipinski definition) is 1. The zero-order valence-corrected chi connectivity index (χ0v) is 11.3. The summed E-state index contributed by atoms with van der Waals surface area (Å²) >= 11 is 2.36. The van der Waals surface area contributed by atoms with E-state index in [1.807, 2.05) is 0 Å². The summed E-state index contributed by atoms with van der Waals surface area (Å²) in [4.78, 5) is 0. The van der Waals surface area contributed by atoms with Crippen molar-refractivity contribution in [2.24, 2.45) is 11.8 Å². The van der Waals surface area contributed by atoms with Crippen LogP contribution in [0.3, 0.4) is 0 Å². The summed E-state index contributed by atoms with van der Waals surface area (Å²) in [6.07, 6.45) is 4.09. The van der Waals surface area contributed by atoms with Crippen LogP contribution in [0.15, 0.2) is 24.3 Å². The maximum atomic E-state index is 3.29. The predicted molar refractivity (Wildman–Crippen MR) is 73.0 cm³/mol. The third kappa shape index (κ3) is 2.94. The molecule has 0 saturated heterocycles. The summed E-state index contributed by atoms with van der Waals surface area (Å²) in [6.45, 7) is 1.19. The predicted octanol–water partition coefficient (Wildman–Crippen LogP) is 3.08. The first-order valence-corrected chi connectivity index (χ1v) is 6.76. The molecule has 0 amide bonds. The molecule has 2 rings (SSSR count). The van der Waals surface area contributed by atoms with Crippen LogP contribution in [-0.2, 0) is 6.42 Å². The van der Waals surface area contributed by atoms with Crippen LogP contribution in [0.25, 0.3) is 0 Å². The highest BCUT2D eigenvalue weighted by molar-refractivity contribution is 14.1. The molecule has 1 aromatic rings. The Morgan fingerprint density at radius 1 is 1.20 bits per heavy atom. The van der Waals surface area contributed by atoms with Gasteiger partial charge in [0.15, 0.2) is 0 Å². The van der Waals surface area contributed by atoms with Crippen LogP contribution in [0.1, 0.15) is 18.4 Å². The fourth-order valence-corrected chi connectivity index (χ4v) is 2.72. The van der Waals surface area contributed by atoms with E-state index in [9.17, 15) is 0 Å². The van der Waals surface area contributed by atoms with Crippen molar-refractivity contribution in [1.82, 2.24) is 5.32 Å². The van der Waals surface area contributed by atoms with Crippen LogP contribution in [0.5, 0.6) is 0 Å². The van der Waals surface area contributed by atoms with Gasteiger partial charge in [-0.15, -0.1) is 0 Å². The molecule has 1 aliphatic carbocycles. The Morgan fingerprint density at radius 2 is 1.87 bits per heavy atom. The molecule has 15 heavy (non-hydrogen) atoms. The maximum absolute atomic E-state index is 3.29. The van der Waals surface area contributed by atoms with Gasteiger partial charge in [-0.05, 0) is 85.0 Å². The largest absolute Gasteiger partial charge is 0.319 e. The molecule has 0 aliphatic heterocycles. The zero-order chi connectivity index (χ0) is 10.7. The van der Waals surface area contributed by atoms with Crippen molar-refractivity contribution < 1.29 is 0 Å². The molecular formula is C13H18IN. The van der Waals surface area contributed by atoms with Gasteiger partial charge in [0.25, 0.3) is 0 Å². The van der Waals surface area contributed by atoms with Crippen LogP contribution >= 0.6 is 22.6 Å². The van der Waals surface area contributed by atoms with E-state index in [1.165, 1.54) is 34.9 Å². The normalized spacial score (nSPS) is 24.9. The highest BCUT2D eigenvalue weighted by Crippen LogP contribution is 2.36. The lowest BCUT2D eigenvalue weighted by Crippen LogP contribution is -2.35. The van der Waals surface area contributed by atoms with Crippen LogP contribution in [-0.4, -0.2) is 13.6 Å². The second kappa shape index (κ2) is 5.30. The third-order valence-corrected chi connectivity index (χ3v) is 4.17. The lowest BCUT2D eigenvalue weighted by atomic mass is 9.71. The molecular weight excluding hydrogens is 297 g/mol. The maximum Gasteiger partial charge on any atom is 0.0130 e. The van der Waals surface area contributed by atoms with Gasteiger partial charge in [-0.1, -0.05) is 12.1 Å². The second-order valence-corrected chi connectivity index (χ2v) is 5.73. The molecule has 0 aromatic heterocycles. The van der Waals surface area contributed by atoms with E-state index >= 15 is 0 Å². The number of rotatable bonds is 4. The van der Waals surface area contributed by atoms with Crippen molar-refractivity contribution in [2.45, 2.75) is 19.3 Å². The van der Waals surface area contributed by atoms with Gasteiger partial charge >= 0.3 is 0 Å². The van der Waals surface area contributed by atoms with Crippen molar-refractivity contribution in [3.63, 3.8) is 0 Å². The minimum Gasteiger partial charge on any atom is -0.319 e. The number of nitrogens with one attached hydrogen (secondary N) is 1. The molecule has 1 aromatic carbocycles. The third-order valence-electron chi connectivity index (χ3n) is 3.45. The van der Waals surface area contributed by atoms with Crippen molar-refractivity contribution in [1.29, 1.82) is 0 Å². The summed E-state index contributed by atoms with van der Waals surface area (Å²) in [5.74, 6) is 1.83. The van der Waals surface area contributed by atoms with Crippen molar-refractivity contribution in [3.05, 3.63) is 33.4 Å². The van der Waals surface area contributed by atoms with E-state index in [2.05, 4.69) is 59.2 Å². The lowest BCUT2D eigenvalue weighted by Gasteiger charge is -2.36. The molecule has 82 valence electrons. The van der Waals surface area contributed by atoms with Crippen LogP contribution in [0, 0.1) is 15.4 Å². The van der Waals surface area contributed by atoms with Gasteiger partial charge in [0.1, 0.15) is 0 Å². The summed E-state index contributed by atoms with van der Waals surface area (Å²) in [6, 6.07) is 8.97. The molecule has 0 heterocycles. The highest BCUT2D eigenvalue weighted by Gasteiger charge is 2.29. The van der Waals surface area contributed by atoms with Crippen molar-refractivity contribution in [3.8, 4) is 0 Å². The number of hydrogen-bond acceptors (Lipinski definition) is 1. The van der Waals surface area contributed by atoms with Gasteiger partial charge in [0, 0.05) is 3.57 Å². The molecule has 2 heteroatoms. The SMILES string of the molecule is CNCC1CCC1Cc1ccc(I)cc1. The zero-order valence-electron chi connectivity index (χ0n) is 9.17. The molecule has 1 aliphatic rings. The first-order chi connectivity index (χ1) is 7.29. The Hall–Kier alpha value is -0.0900. The number of halogens is 1. The standard InChI is InChI=1S/C13H18IN/c1-15-9-12-5-4-11(12)8-10-2-6-13(14)7-3-10/h2-3,6-7,11-12,15H,4-5,8-9H2,1H3. The second-order valence-electron chi connectivity index (χ2n) is 4.49. The Balaban J connectivity index is 1.89. The van der Waals surface area contributed by atoms with Crippen LogP contribution in [0.4, 0.5) is 0 Å². The van der Waals surface area contributed by atoms with E-state index in [1.54, 1.807) is 0 Å². The summed E-state index contributed by atoms with van der Waals surface area (Å²) in [5, 5.41) is 3.29. The van der Waals surface area contributed by atoms with Gasteiger partial charge in [0.05, 0.1) is 0 Å². The van der Waals surface area contributed by atoms with Gasteiger partial charge in [0.2, 0.25) is 0 Å². The minimum absolute atomic E-state index is 0.911. The summed E-state index contributed by atoms with van der Waals surface area (Å²) in [5.41, 5.74) is 1.50. The first kappa shape index (κ1) is 11.4. The van der Waals surface area contributed by atoms with Gasteiger partial charge in [-0.3, -0.25) is 0 Å². The molecule has 1 nitrogen and oxygen atoms in total. The molecule has 1 N–H and O–H groups in total. The highest BCUT2D eigenvalue weighted by atomic mass is 127. The Morgan fingerprint density at radius 3 is 2.40 bits per heavy atom. The van der Waals surface area contributed by atoms with E-state index in [4.69, 9.17) is 0 Å². The molecule has 1 fully saturated rings. The Kier molecular flexibility index (Phi) is 4.03. The van der Waals surface area contributed by atoms with Crippen LogP contribution in [0.2, 0.25) is 0 Å². The molecule has 1 saturated carbocycles. The van der Waals surface area contributed by atoms with E-state index in [-0.39, 0.29) is 0 Å². The molecule has 0 bridgehead atoms. The molecule has 2 unspecified atom stereocenters. The monoisotopic (exact) mass is 315 g/mol. The van der Waals surface area contributed by atoms with E-state index in [0.717, 1.165) is 11.8 Å². The minimum atomic E-state index is 0.911. The van der Waals surface area contributed by atoms with Crippen molar-refractivity contribution >= 4 is 22.6 Å². The first-order valence-electron chi connectivity index (χ1n) is 5.68. The summed E-state index contributed by atoms with van der Waals surface area (Å²) in [7, 11) is 2.06. The Labute approximate surface area is 106 Å². The molecule has 0 spiro atoms. The fraction of sp³-hybridized carbons (Fsp3) is 0.538. The average molecular weight is 315 g/mol. The van der Waals surface area contributed by atoms with Gasteiger partial charge in [-0.2, -0.15) is 0 Å². The van der Waals surface area contributed by atoms with E-state index in [0.29, 0.717) is 0 Å². The van der Waals surface area contributed by atoms with Gasteiger partial charge < -0.3 is 5.32 Å². The van der Waals surface area contributed by atoms with E-state index < -0.39 is 0 Å². The average Bonchev–Trinajstić information content (AvgIpc) is 2.23. The van der Waals surface area contributed by atoms with Crippen LogP contribution < -0.4 is 5.32 Å². The quantitative estimate of drug-likeness (QED) is 0.842. The molecule has 2 atom stereocenters.